The number of hydrazine groups is 1. The summed E-state index contributed by atoms with van der Waals surface area (Å²) in [5, 5.41) is 4.37. The van der Waals surface area contributed by atoms with Crippen LogP contribution < -0.4 is 16.6 Å². The molecule has 0 saturated carbocycles. The van der Waals surface area contributed by atoms with E-state index >= 15 is 0 Å². The summed E-state index contributed by atoms with van der Waals surface area (Å²) in [6, 6.07) is 5.94. The summed E-state index contributed by atoms with van der Waals surface area (Å²) in [6.07, 6.45) is 2.63. The largest absolute Gasteiger partial charge is 0.467 e. The van der Waals surface area contributed by atoms with Gasteiger partial charge in [-0.25, -0.2) is 10.8 Å². The van der Waals surface area contributed by atoms with E-state index in [-0.39, 0.29) is 6.04 Å². The van der Waals surface area contributed by atoms with Gasteiger partial charge in [0.2, 0.25) is 5.95 Å². The highest BCUT2D eigenvalue weighted by atomic mass is 32.1. The molecule has 0 spiro atoms. The molecule has 21 heavy (non-hydrogen) atoms. The minimum atomic E-state index is 0.00806. The number of hydrogen-bond donors (Lipinski definition) is 3. The van der Waals surface area contributed by atoms with E-state index in [0.29, 0.717) is 5.95 Å². The Bertz CT molecular complexity index is 737. The predicted octanol–water partition coefficient (Wildman–Crippen LogP) is 3.31. The van der Waals surface area contributed by atoms with E-state index < -0.39 is 0 Å². The van der Waals surface area contributed by atoms with Crippen molar-refractivity contribution in [3.8, 4) is 0 Å². The Morgan fingerprint density at radius 1 is 1.43 bits per heavy atom. The van der Waals surface area contributed by atoms with Gasteiger partial charge in [0.1, 0.15) is 16.4 Å². The summed E-state index contributed by atoms with van der Waals surface area (Å²) in [6.45, 7) is 4.15. The van der Waals surface area contributed by atoms with Crippen molar-refractivity contribution in [1.82, 2.24) is 9.97 Å². The molecule has 3 aromatic heterocycles. The molecule has 110 valence electrons. The van der Waals surface area contributed by atoms with Crippen LogP contribution in [0.2, 0.25) is 0 Å². The van der Waals surface area contributed by atoms with Crippen molar-refractivity contribution in [2.24, 2.45) is 5.84 Å². The fourth-order valence-corrected chi connectivity index (χ4v) is 3.10. The lowest BCUT2D eigenvalue weighted by atomic mass is 10.2. The third-order valence-electron chi connectivity index (χ3n) is 3.24. The number of anilines is 2. The zero-order valence-electron chi connectivity index (χ0n) is 11.9. The molecule has 3 heterocycles. The highest BCUT2D eigenvalue weighted by Crippen LogP contribution is 2.32. The molecule has 0 aliphatic rings. The zero-order chi connectivity index (χ0) is 14.8. The van der Waals surface area contributed by atoms with Gasteiger partial charge in [-0.15, -0.1) is 11.3 Å². The summed E-state index contributed by atoms with van der Waals surface area (Å²) in [7, 11) is 0. The number of rotatable bonds is 5. The number of nitrogens with zero attached hydrogens (tertiary/aromatic N) is 2. The van der Waals surface area contributed by atoms with E-state index in [4.69, 9.17) is 10.3 Å². The third-order valence-corrected chi connectivity index (χ3v) is 4.42. The van der Waals surface area contributed by atoms with Crippen LogP contribution in [0.4, 0.5) is 11.8 Å². The van der Waals surface area contributed by atoms with Gasteiger partial charge in [0, 0.05) is 4.88 Å². The highest BCUT2D eigenvalue weighted by molar-refractivity contribution is 7.18. The number of nitrogen functional groups attached to an aromatic ring is 1. The number of aromatic nitrogens is 2. The normalized spacial score (nSPS) is 12.5. The maximum Gasteiger partial charge on any atom is 0.240 e. The molecule has 0 aliphatic heterocycles. The molecule has 0 radical (unpaired) electrons. The fourth-order valence-electron chi connectivity index (χ4n) is 2.13. The first-order valence-corrected chi connectivity index (χ1v) is 7.60. The number of nitrogens with two attached hydrogens (primary N) is 1. The van der Waals surface area contributed by atoms with Crippen LogP contribution in [0, 0.1) is 0 Å². The molecule has 0 saturated heterocycles. The number of aryl methyl sites for hydroxylation is 1. The molecule has 3 aromatic rings. The van der Waals surface area contributed by atoms with Crippen LogP contribution in [0.3, 0.4) is 0 Å². The Hall–Kier alpha value is -2.12. The van der Waals surface area contributed by atoms with Crippen LogP contribution in [0.5, 0.6) is 0 Å². The molecule has 0 aliphatic carbocycles. The highest BCUT2D eigenvalue weighted by Gasteiger charge is 2.15. The van der Waals surface area contributed by atoms with Gasteiger partial charge < -0.3 is 9.73 Å². The second-order valence-electron chi connectivity index (χ2n) is 4.71. The molecule has 6 nitrogen and oxygen atoms in total. The maximum absolute atomic E-state index is 5.46. The molecule has 4 N–H and O–H groups in total. The van der Waals surface area contributed by atoms with Crippen LogP contribution in [0.15, 0.2) is 28.9 Å². The van der Waals surface area contributed by atoms with Crippen molar-refractivity contribution in [3.63, 3.8) is 0 Å². The smallest absolute Gasteiger partial charge is 0.240 e. The van der Waals surface area contributed by atoms with E-state index in [1.54, 1.807) is 17.6 Å². The van der Waals surface area contributed by atoms with Gasteiger partial charge in [0.05, 0.1) is 17.7 Å². The maximum atomic E-state index is 5.46. The Kier molecular flexibility index (Phi) is 3.76. The van der Waals surface area contributed by atoms with E-state index in [0.717, 1.165) is 28.2 Å². The second-order valence-corrected chi connectivity index (χ2v) is 5.82. The first kappa shape index (κ1) is 13.8. The van der Waals surface area contributed by atoms with Crippen molar-refractivity contribution in [2.75, 3.05) is 10.7 Å². The summed E-state index contributed by atoms with van der Waals surface area (Å²) in [5.41, 5.74) is 2.52. The van der Waals surface area contributed by atoms with Gasteiger partial charge in [-0.2, -0.15) is 4.98 Å². The summed E-state index contributed by atoms with van der Waals surface area (Å²) in [4.78, 5) is 11.0. The van der Waals surface area contributed by atoms with Crippen LogP contribution >= 0.6 is 11.3 Å². The van der Waals surface area contributed by atoms with E-state index in [2.05, 4.69) is 33.7 Å². The zero-order valence-corrected chi connectivity index (χ0v) is 12.7. The number of fused-ring (bicyclic) bond motifs is 1. The van der Waals surface area contributed by atoms with E-state index in [1.807, 2.05) is 19.1 Å². The fraction of sp³-hybridized carbons (Fsp3) is 0.286. The molecule has 0 amide bonds. The molecular formula is C14H17N5OS. The summed E-state index contributed by atoms with van der Waals surface area (Å²) in [5.74, 6) is 7.48. The van der Waals surface area contributed by atoms with Gasteiger partial charge in [0.15, 0.2) is 0 Å². The Morgan fingerprint density at radius 2 is 2.29 bits per heavy atom. The van der Waals surface area contributed by atoms with Gasteiger partial charge >= 0.3 is 0 Å². The number of hydrogen-bond acceptors (Lipinski definition) is 7. The lowest BCUT2D eigenvalue weighted by molar-refractivity contribution is 0.490. The Labute approximate surface area is 126 Å². The van der Waals surface area contributed by atoms with Crippen LogP contribution in [-0.2, 0) is 6.42 Å². The standard InChI is InChI=1S/C14H17N5OS/c1-3-9-7-10-12(16-8(2)11-5-4-6-20-11)17-14(19-15)18-13(10)21-9/h4-8H,3,15H2,1-2H3,(H2,16,17,18,19). The molecule has 1 unspecified atom stereocenters. The molecule has 0 bridgehead atoms. The average Bonchev–Trinajstić information content (AvgIpc) is 3.15. The Morgan fingerprint density at radius 3 is 2.95 bits per heavy atom. The number of nitrogens with one attached hydrogen (secondary N) is 2. The topological polar surface area (TPSA) is 89.0 Å². The number of furan rings is 1. The Balaban J connectivity index is 2.01. The van der Waals surface area contributed by atoms with Crippen LogP contribution in [-0.4, -0.2) is 9.97 Å². The van der Waals surface area contributed by atoms with Gasteiger partial charge in [-0.3, -0.25) is 5.43 Å². The third kappa shape index (κ3) is 2.70. The van der Waals surface area contributed by atoms with E-state index in [1.165, 1.54) is 4.88 Å². The molecule has 0 fully saturated rings. The van der Waals surface area contributed by atoms with Crippen molar-refractivity contribution >= 4 is 33.3 Å². The van der Waals surface area contributed by atoms with Crippen LogP contribution in [0.1, 0.15) is 30.5 Å². The monoisotopic (exact) mass is 303 g/mol. The van der Waals surface area contributed by atoms with Crippen molar-refractivity contribution in [3.05, 3.63) is 35.1 Å². The van der Waals surface area contributed by atoms with Crippen molar-refractivity contribution in [2.45, 2.75) is 26.3 Å². The molecule has 7 heteroatoms. The SMILES string of the molecule is CCc1cc2c(NC(C)c3ccco3)nc(NN)nc2s1. The first-order valence-electron chi connectivity index (χ1n) is 6.78. The molecule has 0 aromatic carbocycles. The lowest BCUT2D eigenvalue weighted by Crippen LogP contribution is -2.13. The average molecular weight is 303 g/mol. The lowest BCUT2D eigenvalue weighted by Gasteiger charge is -2.13. The van der Waals surface area contributed by atoms with Crippen LogP contribution in [0.25, 0.3) is 10.2 Å². The number of thiophene rings is 1. The molecule has 1 atom stereocenters. The van der Waals surface area contributed by atoms with Crippen molar-refractivity contribution in [1.29, 1.82) is 0 Å². The predicted molar refractivity (Wildman–Crippen MR) is 85.3 cm³/mol. The summed E-state index contributed by atoms with van der Waals surface area (Å²) < 4.78 is 5.42. The van der Waals surface area contributed by atoms with Gasteiger partial charge in [-0.1, -0.05) is 6.92 Å². The minimum absolute atomic E-state index is 0.00806. The van der Waals surface area contributed by atoms with E-state index in [9.17, 15) is 0 Å². The summed E-state index contributed by atoms with van der Waals surface area (Å²) >= 11 is 1.66. The van der Waals surface area contributed by atoms with Crippen molar-refractivity contribution < 1.29 is 4.42 Å². The van der Waals surface area contributed by atoms with Gasteiger partial charge in [-0.05, 0) is 31.5 Å². The quantitative estimate of drug-likeness (QED) is 0.495. The molecular weight excluding hydrogens is 286 g/mol. The molecule has 3 rings (SSSR count). The minimum Gasteiger partial charge on any atom is -0.467 e. The first-order chi connectivity index (χ1) is 10.2. The second kappa shape index (κ2) is 5.71. The van der Waals surface area contributed by atoms with Gasteiger partial charge in [0.25, 0.3) is 0 Å².